The predicted octanol–water partition coefficient (Wildman–Crippen LogP) is 2.49. The zero-order valence-electron chi connectivity index (χ0n) is 10.9. The fraction of sp³-hybridized carbons (Fsp3) is 1.00. The smallest absolute Gasteiger partial charge is 0.0246 e. The first-order valence-corrected chi connectivity index (χ1v) is 6.63. The van der Waals surface area contributed by atoms with Crippen LogP contribution in [0.25, 0.3) is 0 Å². The topological polar surface area (TPSA) is 15.3 Å². The van der Waals surface area contributed by atoms with Gasteiger partial charge in [0.15, 0.2) is 0 Å². The molecule has 0 spiro atoms. The molecule has 0 aromatic heterocycles. The molecule has 0 bridgehead atoms. The molecular weight excluding hydrogens is 184 g/mol. The van der Waals surface area contributed by atoms with Gasteiger partial charge in [-0.15, -0.1) is 0 Å². The molecule has 2 unspecified atom stereocenters. The van der Waals surface area contributed by atoms with Crippen LogP contribution in [0.15, 0.2) is 0 Å². The van der Waals surface area contributed by atoms with Gasteiger partial charge in [-0.05, 0) is 45.2 Å². The lowest BCUT2D eigenvalue weighted by Crippen LogP contribution is -2.47. The maximum atomic E-state index is 3.57. The lowest BCUT2D eigenvalue weighted by atomic mass is 10.0. The molecule has 1 N–H and O–H groups in total. The number of hydrogen-bond acceptors (Lipinski definition) is 2. The highest BCUT2D eigenvalue weighted by molar-refractivity contribution is 4.85. The van der Waals surface area contributed by atoms with Crippen LogP contribution in [0.2, 0.25) is 0 Å². The van der Waals surface area contributed by atoms with Crippen molar-refractivity contribution in [3.63, 3.8) is 0 Å². The normalized spacial score (nSPS) is 25.0. The Morgan fingerprint density at radius 2 is 2.13 bits per heavy atom. The molecule has 1 rings (SSSR count). The molecule has 0 aliphatic carbocycles. The zero-order valence-corrected chi connectivity index (χ0v) is 10.9. The van der Waals surface area contributed by atoms with Gasteiger partial charge in [0, 0.05) is 18.6 Å². The molecular formula is C13H28N2. The van der Waals surface area contributed by atoms with Gasteiger partial charge >= 0.3 is 0 Å². The number of rotatable bonds is 6. The fourth-order valence-corrected chi connectivity index (χ4v) is 2.61. The molecule has 2 nitrogen and oxygen atoms in total. The van der Waals surface area contributed by atoms with Gasteiger partial charge in [0.05, 0.1) is 0 Å². The highest BCUT2D eigenvalue weighted by Crippen LogP contribution is 2.22. The summed E-state index contributed by atoms with van der Waals surface area (Å²) in [6.07, 6.45) is 4.01. The molecule has 0 saturated carbocycles. The van der Waals surface area contributed by atoms with Gasteiger partial charge in [-0.3, -0.25) is 4.90 Å². The van der Waals surface area contributed by atoms with E-state index in [9.17, 15) is 0 Å². The molecule has 2 heteroatoms. The van der Waals surface area contributed by atoms with Crippen LogP contribution in [0.4, 0.5) is 0 Å². The number of likely N-dealkylation sites (tertiary alicyclic amines) is 1. The molecule has 1 saturated heterocycles. The first-order valence-electron chi connectivity index (χ1n) is 6.63. The third-order valence-electron chi connectivity index (χ3n) is 3.58. The number of nitrogens with zero attached hydrogens (tertiary/aromatic N) is 1. The van der Waals surface area contributed by atoms with Gasteiger partial charge in [-0.1, -0.05) is 20.8 Å². The first kappa shape index (κ1) is 13.0. The van der Waals surface area contributed by atoms with E-state index in [4.69, 9.17) is 0 Å². The Balaban J connectivity index is 2.42. The van der Waals surface area contributed by atoms with E-state index >= 15 is 0 Å². The average Bonchev–Trinajstić information content (AvgIpc) is 2.59. The van der Waals surface area contributed by atoms with Crippen LogP contribution >= 0.6 is 0 Å². The van der Waals surface area contributed by atoms with Gasteiger partial charge in [0.1, 0.15) is 0 Å². The second-order valence-corrected chi connectivity index (χ2v) is 5.24. The van der Waals surface area contributed by atoms with Crippen LogP contribution < -0.4 is 5.32 Å². The SMILES string of the molecule is CCCNCC(C(C)C)N1CCCC1C. The Hall–Kier alpha value is -0.0800. The molecule has 0 radical (unpaired) electrons. The third kappa shape index (κ3) is 3.76. The van der Waals surface area contributed by atoms with Gasteiger partial charge in [0.2, 0.25) is 0 Å². The Morgan fingerprint density at radius 1 is 1.40 bits per heavy atom. The summed E-state index contributed by atoms with van der Waals surface area (Å²) in [7, 11) is 0. The van der Waals surface area contributed by atoms with Crippen molar-refractivity contribution in [3.8, 4) is 0 Å². The summed E-state index contributed by atoms with van der Waals surface area (Å²) in [5, 5.41) is 3.57. The van der Waals surface area contributed by atoms with E-state index in [1.54, 1.807) is 0 Å². The van der Waals surface area contributed by atoms with E-state index in [1.807, 2.05) is 0 Å². The summed E-state index contributed by atoms with van der Waals surface area (Å²) < 4.78 is 0. The molecule has 1 fully saturated rings. The van der Waals surface area contributed by atoms with E-state index < -0.39 is 0 Å². The minimum atomic E-state index is 0.731. The molecule has 2 atom stereocenters. The summed E-state index contributed by atoms with van der Waals surface area (Å²) >= 11 is 0. The first-order chi connectivity index (χ1) is 7.16. The molecule has 0 aromatic rings. The van der Waals surface area contributed by atoms with Crippen LogP contribution in [0, 0.1) is 5.92 Å². The van der Waals surface area contributed by atoms with E-state index in [1.165, 1.54) is 25.8 Å². The lowest BCUT2D eigenvalue weighted by molar-refractivity contribution is 0.145. The molecule has 1 aliphatic rings. The lowest BCUT2D eigenvalue weighted by Gasteiger charge is -2.34. The standard InChI is InChI=1S/C13H28N2/c1-5-8-14-10-13(11(2)3)15-9-6-7-12(15)4/h11-14H,5-10H2,1-4H3. The van der Waals surface area contributed by atoms with Gasteiger partial charge in [0.25, 0.3) is 0 Å². The summed E-state index contributed by atoms with van der Waals surface area (Å²) in [4.78, 5) is 2.70. The summed E-state index contributed by atoms with van der Waals surface area (Å²) in [6, 6.07) is 1.52. The average molecular weight is 212 g/mol. The number of nitrogens with one attached hydrogen (secondary N) is 1. The molecule has 90 valence electrons. The minimum absolute atomic E-state index is 0.731. The van der Waals surface area contributed by atoms with Gasteiger partial charge in [-0.2, -0.15) is 0 Å². The van der Waals surface area contributed by atoms with Crippen LogP contribution in [-0.4, -0.2) is 36.6 Å². The van der Waals surface area contributed by atoms with Crippen molar-refractivity contribution in [1.82, 2.24) is 10.2 Å². The van der Waals surface area contributed by atoms with Crippen molar-refractivity contribution in [2.45, 2.75) is 59.0 Å². The van der Waals surface area contributed by atoms with Gasteiger partial charge in [-0.25, -0.2) is 0 Å². The van der Waals surface area contributed by atoms with Crippen molar-refractivity contribution >= 4 is 0 Å². The molecule has 0 amide bonds. The van der Waals surface area contributed by atoms with Crippen molar-refractivity contribution in [2.75, 3.05) is 19.6 Å². The van der Waals surface area contributed by atoms with Crippen molar-refractivity contribution in [1.29, 1.82) is 0 Å². The fourth-order valence-electron chi connectivity index (χ4n) is 2.61. The van der Waals surface area contributed by atoms with E-state index in [0.29, 0.717) is 0 Å². The highest BCUT2D eigenvalue weighted by atomic mass is 15.2. The Bertz CT molecular complexity index is 168. The van der Waals surface area contributed by atoms with E-state index in [2.05, 4.69) is 37.9 Å². The summed E-state index contributed by atoms with van der Waals surface area (Å²) in [6.45, 7) is 12.9. The van der Waals surface area contributed by atoms with Crippen molar-refractivity contribution in [2.24, 2.45) is 5.92 Å². The number of hydrogen-bond donors (Lipinski definition) is 1. The van der Waals surface area contributed by atoms with Gasteiger partial charge < -0.3 is 5.32 Å². The van der Waals surface area contributed by atoms with Crippen LogP contribution in [0.3, 0.4) is 0 Å². The predicted molar refractivity (Wildman–Crippen MR) is 67.2 cm³/mol. The highest BCUT2D eigenvalue weighted by Gasteiger charge is 2.28. The zero-order chi connectivity index (χ0) is 11.3. The van der Waals surface area contributed by atoms with Crippen LogP contribution in [0.1, 0.15) is 47.0 Å². The minimum Gasteiger partial charge on any atom is -0.315 e. The third-order valence-corrected chi connectivity index (χ3v) is 3.58. The molecule has 15 heavy (non-hydrogen) atoms. The van der Waals surface area contributed by atoms with Crippen molar-refractivity contribution < 1.29 is 0 Å². The molecule has 1 heterocycles. The maximum absolute atomic E-state index is 3.57. The Kier molecular flexibility index (Phi) is 5.62. The summed E-state index contributed by atoms with van der Waals surface area (Å²) in [5.74, 6) is 0.759. The molecule has 0 aromatic carbocycles. The van der Waals surface area contributed by atoms with Crippen LogP contribution in [-0.2, 0) is 0 Å². The second kappa shape index (κ2) is 6.49. The van der Waals surface area contributed by atoms with Crippen LogP contribution in [0.5, 0.6) is 0 Å². The maximum Gasteiger partial charge on any atom is 0.0246 e. The largest absolute Gasteiger partial charge is 0.315 e. The monoisotopic (exact) mass is 212 g/mol. The second-order valence-electron chi connectivity index (χ2n) is 5.24. The van der Waals surface area contributed by atoms with E-state index in [0.717, 1.165) is 31.1 Å². The van der Waals surface area contributed by atoms with E-state index in [-0.39, 0.29) is 0 Å². The molecule has 1 aliphatic heterocycles. The quantitative estimate of drug-likeness (QED) is 0.681. The Labute approximate surface area is 95.4 Å². The van der Waals surface area contributed by atoms with Crippen molar-refractivity contribution in [3.05, 3.63) is 0 Å². The summed E-state index contributed by atoms with van der Waals surface area (Å²) in [5.41, 5.74) is 0. The Morgan fingerprint density at radius 3 is 2.60 bits per heavy atom.